The minimum atomic E-state index is 1.05. The van der Waals surface area contributed by atoms with Gasteiger partial charge in [0.05, 0.1) is 0 Å². The first-order chi connectivity index (χ1) is 10.9. The number of unbranched alkanes of at least 4 members (excludes halogenated alkanes) is 9. The van der Waals surface area contributed by atoms with Gasteiger partial charge in [0, 0.05) is 45.8 Å². The fourth-order valence-electron chi connectivity index (χ4n) is 3.03. The van der Waals surface area contributed by atoms with Crippen LogP contribution in [0.5, 0.6) is 0 Å². The van der Waals surface area contributed by atoms with Crippen molar-refractivity contribution in [1.29, 1.82) is 0 Å². The molecule has 3 N–H and O–H groups in total. The minimum absolute atomic E-state index is 1.05. The average Bonchev–Trinajstić information content (AvgIpc) is 2.56. The monoisotopic (exact) mass is 312 g/mol. The van der Waals surface area contributed by atoms with Gasteiger partial charge in [-0.1, -0.05) is 64.7 Å². The summed E-state index contributed by atoms with van der Waals surface area (Å²) in [6.45, 7) is 10.3. The summed E-state index contributed by atoms with van der Waals surface area (Å²) in [5, 5.41) is 3.39. The van der Waals surface area contributed by atoms with Gasteiger partial charge in [-0.3, -0.25) is 15.8 Å². The summed E-state index contributed by atoms with van der Waals surface area (Å²) in [6, 6.07) is 0. The van der Waals surface area contributed by atoms with Crippen LogP contribution in [-0.4, -0.2) is 50.7 Å². The van der Waals surface area contributed by atoms with E-state index in [4.69, 9.17) is 0 Å². The van der Waals surface area contributed by atoms with Crippen LogP contribution in [0.2, 0.25) is 0 Å². The summed E-state index contributed by atoms with van der Waals surface area (Å²) in [5.74, 6) is 0. The molecule has 0 saturated carbocycles. The highest BCUT2D eigenvalue weighted by atomic mass is 15.4. The van der Waals surface area contributed by atoms with Crippen LogP contribution in [0.3, 0.4) is 0 Å². The smallest absolute Gasteiger partial charge is 0.0228 e. The van der Waals surface area contributed by atoms with Gasteiger partial charge in [-0.25, -0.2) is 0 Å². The second-order valence-corrected chi connectivity index (χ2v) is 6.63. The largest absolute Gasteiger partial charge is 0.314 e. The lowest BCUT2D eigenvalue weighted by Crippen LogP contribution is -2.47. The fourth-order valence-corrected chi connectivity index (χ4v) is 3.03. The van der Waals surface area contributed by atoms with Crippen molar-refractivity contribution >= 4 is 0 Å². The Labute approximate surface area is 138 Å². The predicted molar refractivity (Wildman–Crippen MR) is 97.2 cm³/mol. The molecule has 1 aliphatic rings. The topological polar surface area (TPSA) is 39.3 Å². The molecule has 132 valence electrons. The molecule has 4 heteroatoms. The summed E-state index contributed by atoms with van der Waals surface area (Å²) >= 11 is 0. The van der Waals surface area contributed by atoms with Crippen molar-refractivity contribution < 1.29 is 0 Å². The second kappa shape index (κ2) is 15.7. The molecule has 0 unspecified atom stereocenters. The lowest BCUT2D eigenvalue weighted by Gasteiger charge is -2.27. The van der Waals surface area contributed by atoms with Gasteiger partial charge in [-0.2, -0.15) is 0 Å². The summed E-state index contributed by atoms with van der Waals surface area (Å²) in [7, 11) is 0. The molecule has 1 heterocycles. The van der Waals surface area contributed by atoms with Crippen molar-refractivity contribution in [3.8, 4) is 0 Å². The van der Waals surface area contributed by atoms with E-state index < -0.39 is 0 Å². The molecule has 0 radical (unpaired) electrons. The Kier molecular flexibility index (Phi) is 14.2. The summed E-state index contributed by atoms with van der Waals surface area (Å²) < 4.78 is 0. The molecule has 0 aromatic rings. The first kappa shape index (κ1) is 19.9. The second-order valence-electron chi connectivity index (χ2n) is 6.63. The summed E-state index contributed by atoms with van der Waals surface area (Å²) in [5.41, 5.74) is 6.71. The number of piperazine rings is 1. The van der Waals surface area contributed by atoms with E-state index in [1.165, 1.54) is 77.3 Å². The van der Waals surface area contributed by atoms with Gasteiger partial charge in [-0.05, 0) is 6.42 Å². The average molecular weight is 313 g/mol. The van der Waals surface area contributed by atoms with E-state index in [9.17, 15) is 0 Å². The van der Waals surface area contributed by atoms with Crippen LogP contribution in [0.25, 0.3) is 0 Å². The van der Waals surface area contributed by atoms with Crippen LogP contribution in [0.1, 0.15) is 71.1 Å². The van der Waals surface area contributed by atoms with Crippen LogP contribution >= 0.6 is 0 Å². The molecule has 1 aliphatic heterocycles. The maximum atomic E-state index is 3.39. The molecule has 0 spiro atoms. The lowest BCUT2D eigenvalue weighted by atomic mass is 10.1. The highest BCUT2D eigenvalue weighted by molar-refractivity contribution is 4.67. The van der Waals surface area contributed by atoms with Crippen molar-refractivity contribution in [3.63, 3.8) is 0 Å². The molecule has 4 nitrogen and oxygen atoms in total. The first-order valence-electron chi connectivity index (χ1n) is 9.82. The molecular weight excluding hydrogens is 272 g/mol. The van der Waals surface area contributed by atoms with Crippen LogP contribution in [0.4, 0.5) is 0 Å². The van der Waals surface area contributed by atoms with Crippen LogP contribution in [-0.2, 0) is 0 Å². The third kappa shape index (κ3) is 12.4. The van der Waals surface area contributed by atoms with Gasteiger partial charge in [0.2, 0.25) is 0 Å². The Morgan fingerprint density at radius 1 is 0.727 bits per heavy atom. The maximum absolute atomic E-state index is 3.39. The van der Waals surface area contributed by atoms with Gasteiger partial charge >= 0.3 is 0 Å². The van der Waals surface area contributed by atoms with E-state index >= 15 is 0 Å². The zero-order valence-electron chi connectivity index (χ0n) is 15.0. The van der Waals surface area contributed by atoms with Gasteiger partial charge in [0.15, 0.2) is 0 Å². The number of nitrogens with one attached hydrogen (secondary N) is 3. The molecule has 0 amide bonds. The number of rotatable bonds is 15. The molecule has 22 heavy (non-hydrogen) atoms. The molecule has 0 aromatic carbocycles. The molecule has 1 fully saturated rings. The minimum Gasteiger partial charge on any atom is -0.314 e. The van der Waals surface area contributed by atoms with E-state index in [1.807, 2.05) is 0 Å². The number of hydrazine groups is 1. The number of hydrogen-bond acceptors (Lipinski definition) is 4. The van der Waals surface area contributed by atoms with Crippen molar-refractivity contribution in [1.82, 2.24) is 21.1 Å². The zero-order chi connectivity index (χ0) is 15.7. The number of nitrogens with zero attached hydrogens (tertiary/aromatic N) is 1. The van der Waals surface area contributed by atoms with Gasteiger partial charge < -0.3 is 5.32 Å². The van der Waals surface area contributed by atoms with E-state index in [0.29, 0.717) is 0 Å². The van der Waals surface area contributed by atoms with Gasteiger partial charge in [-0.15, -0.1) is 0 Å². The lowest BCUT2D eigenvalue weighted by molar-refractivity contribution is 0.237. The molecular formula is C18H40N4. The van der Waals surface area contributed by atoms with Crippen LogP contribution in [0.15, 0.2) is 0 Å². The molecule has 0 atom stereocenters. The molecule has 1 rings (SSSR count). The van der Waals surface area contributed by atoms with E-state index in [2.05, 4.69) is 28.0 Å². The van der Waals surface area contributed by atoms with Crippen LogP contribution < -0.4 is 16.2 Å². The van der Waals surface area contributed by atoms with Crippen molar-refractivity contribution in [2.75, 3.05) is 45.8 Å². The van der Waals surface area contributed by atoms with Crippen LogP contribution in [0, 0.1) is 0 Å². The maximum Gasteiger partial charge on any atom is 0.0228 e. The Balaban J connectivity index is 1.68. The molecule has 0 aromatic heterocycles. The molecule has 1 saturated heterocycles. The van der Waals surface area contributed by atoms with Gasteiger partial charge in [0.1, 0.15) is 0 Å². The SMILES string of the molecule is CCCCCCCCCCCCNNCCN1CCNCC1. The van der Waals surface area contributed by atoms with E-state index in [-0.39, 0.29) is 0 Å². The third-order valence-electron chi connectivity index (χ3n) is 4.54. The van der Waals surface area contributed by atoms with E-state index in [1.54, 1.807) is 0 Å². The number of hydrogen-bond donors (Lipinski definition) is 3. The molecule has 0 aliphatic carbocycles. The highest BCUT2D eigenvalue weighted by Gasteiger charge is 2.07. The van der Waals surface area contributed by atoms with Crippen molar-refractivity contribution in [2.45, 2.75) is 71.1 Å². The zero-order valence-corrected chi connectivity index (χ0v) is 15.0. The van der Waals surface area contributed by atoms with Crippen molar-refractivity contribution in [2.24, 2.45) is 0 Å². The predicted octanol–water partition coefficient (Wildman–Crippen LogP) is 2.91. The standard InChI is InChI=1S/C18H40N4/c1-2-3-4-5-6-7-8-9-10-11-12-20-21-15-18-22-16-13-19-14-17-22/h19-21H,2-18H2,1H3. The third-order valence-corrected chi connectivity index (χ3v) is 4.54. The Morgan fingerprint density at radius 3 is 1.91 bits per heavy atom. The Bertz CT molecular complexity index is 217. The highest BCUT2D eigenvalue weighted by Crippen LogP contribution is 2.10. The van der Waals surface area contributed by atoms with Crippen molar-refractivity contribution in [3.05, 3.63) is 0 Å². The normalized spacial score (nSPS) is 16.2. The first-order valence-corrected chi connectivity index (χ1v) is 9.82. The summed E-state index contributed by atoms with van der Waals surface area (Å²) in [4.78, 5) is 2.52. The van der Waals surface area contributed by atoms with E-state index in [0.717, 1.165) is 32.7 Å². The quantitative estimate of drug-likeness (QED) is 0.321. The molecule has 0 bridgehead atoms. The summed E-state index contributed by atoms with van der Waals surface area (Å²) in [6.07, 6.45) is 14.1. The van der Waals surface area contributed by atoms with Gasteiger partial charge in [0.25, 0.3) is 0 Å². The Hall–Kier alpha value is -0.160. The Morgan fingerprint density at radius 2 is 1.27 bits per heavy atom. The fraction of sp³-hybridized carbons (Fsp3) is 1.00.